The second kappa shape index (κ2) is 4.87. The molecule has 0 aliphatic heterocycles. The molecule has 1 unspecified atom stereocenters. The SMILES string of the molecule is CCC(=O)C(N)CC1CCC2(CCC2)CC1. The molecule has 0 radical (unpaired) electrons. The van der Waals surface area contributed by atoms with Crippen molar-refractivity contribution in [1.82, 2.24) is 0 Å². The highest BCUT2D eigenvalue weighted by Gasteiger charge is 2.40. The summed E-state index contributed by atoms with van der Waals surface area (Å²) in [6.45, 7) is 1.91. The first-order valence-corrected chi connectivity index (χ1v) is 6.93. The van der Waals surface area contributed by atoms with Crippen LogP contribution in [0.3, 0.4) is 0 Å². The van der Waals surface area contributed by atoms with Gasteiger partial charge in [-0.25, -0.2) is 0 Å². The van der Waals surface area contributed by atoms with Crippen LogP contribution in [0.2, 0.25) is 0 Å². The Morgan fingerprint density at radius 2 is 1.94 bits per heavy atom. The van der Waals surface area contributed by atoms with Gasteiger partial charge < -0.3 is 5.73 Å². The average molecular weight is 223 g/mol. The van der Waals surface area contributed by atoms with E-state index in [4.69, 9.17) is 5.73 Å². The smallest absolute Gasteiger partial charge is 0.149 e. The first kappa shape index (κ1) is 12.1. The highest BCUT2D eigenvalue weighted by molar-refractivity contribution is 5.83. The lowest BCUT2D eigenvalue weighted by atomic mass is 9.58. The minimum absolute atomic E-state index is 0.189. The Hall–Kier alpha value is -0.370. The van der Waals surface area contributed by atoms with Crippen molar-refractivity contribution >= 4 is 5.78 Å². The highest BCUT2D eigenvalue weighted by atomic mass is 16.1. The Balaban J connectivity index is 1.74. The van der Waals surface area contributed by atoms with E-state index < -0.39 is 0 Å². The molecule has 0 aromatic heterocycles. The molecule has 2 nitrogen and oxygen atoms in total. The van der Waals surface area contributed by atoms with Gasteiger partial charge in [0.1, 0.15) is 5.78 Å². The summed E-state index contributed by atoms with van der Waals surface area (Å²) in [5.41, 5.74) is 6.65. The van der Waals surface area contributed by atoms with Crippen molar-refractivity contribution < 1.29 is 4.79 Å². The fourth-order valence-electron chi connectivity index (χ4n) is 3.46. The number of carbonyl (C=O) groups is 1. The van der Waals surface area contributed by atoms with Gasteiger partial charge in [0.05, 0.1) is 6.04 Å². The van der Waals surface area contributed by atoms with Crippen LogP contribution in [-0.2, 0) is 4.79 Å². The van der Waals surface area contributed by atoms with E-state index in [1.807, 2.05) is 6.92 Å². The molecule has 2 heteroatoms. The molecule has 0 saturated heterocycles. The molecular weight excluding hydrogens is 198 g/mol. The molecule has 1 spiro atoms. The van der Waals surface area contributed by atoms with E-state index in [2.05, 4.69) is 0 Å². The maximum Gasteiger partial charge on any atom is 0.149 e. The number of rotatable bonds is 4. The summed E-state index contributed by atoms with van der Waals surface area (Å²) in [5, 5.41) is 0. The summed E-state index contributed by atoms with van der Waals surface area (Å²) in [7, 11) is 0. The summed E-state index contributed by atoms with van der Waals surface area (Å²) in [5.74, 6) is 0.959. The lowest BCUT2D eigenvalue weighted by molar-refractivity contribution is -0.120. The van der Waals surface area contributed by atoms with E-state index >= 15 is 0 Å². The minimum atomic E-state index is -0.189. The van der Waals surface area contributed by atoms with Gasteiger partial charge in [0.15, 0.2) is 0 Å². The van der Waals surface area contributed by atoms with Gasteiger partial charge in [-0.2, -0.15) is 0 Å². The summed E-state index contributed by atoms with van der Waals surface area (Å²) in [6, 6.07) is -0.189. The molecule has 2 rings (SSSR count). The third-order valence-electron chi connectivity index (χ3n) is 4.93. The summed E-state index contributed by atoms with van der Waals surface area (Å²) < 4.78 is 0. The van der Waals surface area contributed by atoms with Crippen LogP contribution >= 0.6 is 0 Å². The minimum Gasteiger partial charge on any atom is -0.322 e. The lowest BCUT2D eigenvalue weighted by Gasteiger charge is -2.47. The Labute approximate surface area is 99.0 Å². The van der Waals surface area contributed by atoms with Crippen LogP contribution in [-0.4, -0.2) is 11.8 Å². The van der Waals surface area contributed by atoms with E-state index in [0.717, 1.165) is 17.8 Å². The van der Waals surface area contributed by atoms with Crippen LogP contribution in [0.25, 0.3) is 0 Å². The molecule has 2 aliphatic rings. The van der Waals surface area contributed by atoms with E-state index in [-0.39, 0.29) is 11.8 Å². The molecule has 1 atom stereocenters. The second-order valence-corrected chi connectivity index (χ2v) is 5.96. The van der Waals surface area contributed by atoms with Gasteiger partial charge in [-0.3, -0.25) is 4.79 Å². The molecule has 2 fully saturated rings. The normalized spacial score (nSPS) is 26.4. The highest BCUT2D eigenvalue weighted by Crippen LogP contribution is 2.53. The maximum absolute atomic E-state index is 11.5. The van der Waals surface area contributed by atoms with Crippen LogP contribution in [0.15, 0.2) is 0 Å². The molecule has 0 amide bonds. The molecular formula is C14H25NO. The van der Waals surface area contributed by atoms with Crippen LogP contribution in [0.5, 0.6) is 0 Å². The number of nitrogens with two attached hydrogens (primary N) is 1. The van der Waals surface area contributed by atoms with E-state index in [1.54, 1.807) is 0 Å². The van der Waals surface area contributed by atoms with Gasteiger partial charge in [-0.1, -0.05) is 13.3 Å². The van der Waals surface area contributed by atoms with Gasteiger partial charge in [0.25, 0.3) is 0 Å². The fraction of sp³-hybridized carbons (Fsp3) is 0.929. The molecule has 2 N–H and O–H groups in total. The van der Waals surface area contributed by atoms with Crippen molar-refractivity contribution in [1.29, 1.82) is 0 Å². The van der Waals surface area contributed by atoms with Crippen molar-refractivity contribution in [3.05, 3.63) is 0 Å². The van der Waals surface area contributed by atoms with Crippen LogP contribution in [0, 0.1) is 11.3 Å². The van der Waals surface area contributed by atoms with Crippen molar-refractivity contribution in [2.45, 2.75) is 70.8 Å². The fourth-order valence-corrected chi connectivity index (χ4v) is 3.46. The lowest BCUT2D eigenvalue weighted by Crippen LogP contribution is -2.37. The van der Waals surface area contributed by atoms with Gasteiger partial charge >= 0.3 is 0 Å². The van der Waals surface area contributed by atoms with E-state index in [0.29, 0.717) is 6.42 Å². The molecule has 2 saturated carbocycles. The molecule has 0 heterocycles. The topological polar surface area (TPSA) is 43.1 Å². The molecule has 2 aliphatic carbocycles. The van der Waals surface area contributed by atoms with Gasteiger partial charge in [0, 0.05) is 6.42 Å². The number of carbonyl (C=O) groups excluding carboxylic acids is 1. The van der Waals surface area contributed by atoms with Crippen LogP contribution < -0.4 is 5.73 Å². The summed E-state index contributed by atoms with van der Waals surface area (Å²) >= 11 is 0. The first-order valence-electron chi connectivity index (χ1n) is 6.93. The summed E-state index contributed by atoms with van der Waals surface area (Å²) in [4.78, 5) is 11.5. The molecule has 0 aromatic carbocycles. The Bertz CT molecular complexity index is 247. The number of Topliss-reactive ketones (excluding diaryl/α,β-unsaturated/α-hetero) is 1. The van der Waals surface area contributed by atoms with Crippen molar-refractivity contribution in [2.75, 3.05) is 0 Å². The Morgan fingerprint density at radius 1 is 1.31 bits per heavy atom. The van der Waals surface area contributed by atoms with E-state index in [1.165, 1.54) is 44.9 Å². The Kier molecular flexibility index (Phi) is 3.68. The number of hydrogen-bond donors (Lipinski definition) is 1. The summed E-state index contributed by atoms with van der Waals surface area (Å²) in [6.07, 6.45) is 11.3. The predicted molar refractivity (Wildman–Crippen MR) is 66.1 cm³/mol. The predicted octanol–water partition coefficient (Wildman–Crippen LogP) is 3.04. The standard InChI is InChI=1S/C14H25NO/c1-2-13(16)12(15)10-11-4-8-14(9-5-11)6-3-7-14/h11-12H,2-10,15H2,1H3. The third kappa shape index (κ3) is 2.48. The van der Waals surface area contributed by atoms with Gasteiger partial charge in [0.2, 0.25) is 0 Å². The number of ketones is 1. The maximum atomic E-state index is 11.5. The third-order valence-corrected chi connectivity index (χ3v) is 4.93. The molecule has 92 valence electrons. The number of hydrogen-bond acceptors (Lipinski definition) is 2. The quantitative estimate of drug-likeness (QED) is 0.796. The Morgan fingerprint density at radius 3 is 2.38 bits per heavy atom. The van der Waals surface area contributed by atoms with Crippen molar-refractivity contribution in [2.24, 2.45) is 17.1 Å². The molecule has 16 heavy (non-hydrogen) atoms. The second-order valence-electron chi connectivity index (χ2n) is 5.96. The van der Waals surface area contributed by atoms with Gasteiger partial charge in [-0.05, 0) is 56.3 Å². The zero-order chi connectivity index (χ0) is 11.6. The zero-order valence-electron chi connectivity index (χ0n) is 10.5. The molecule has 0 bridgehead atoms. The van der Waals surface area contributed by atoms with Crippen molar-refractivity contribution in [3.63, 3.8) is 0 Å². The monoisotopic (exact) mass is 223 g/mol. The first-order chi connectivity index (χ1) is 7.65. The molecule has 0 aromatic rings. The van der Waals surface area contributed by atoms with Crippen LogP contribution in [0.1, 0.15) is 64.7 Å². The van der Waals surface area contributed by atoms with Gasteiger partial charge in [-0.15, -0.1) is 0 Å². The van der Waals surface area contributed by atoms with Crippen LogP contribution in [0.4, 0.5) is 0 Å². The largest absolute Gasteiger partial charge is 0.322 e. The van der Waals surface area contributed by atoms with Crippen molar-refractivity contribution in [3.8, 4) is 0 Å². The average Bonchev–Trinajstić information content (AvgIpc) is 2.27. The zero-order valence-corrected chi connectivity index (χ0v) is 10.5. The van der Waals surface area contributed by atoms with E-state index in [9.17, 15) is 4.79 Å².